The molecular weight excluding hydrogens is 248 g/mol. The number of carboxylic acids is 1. The van der Waals surface area contributed by atoms with Crippen molar-refractivity contribution in [3.63, 3.8) is 0 Å². The van der Waals surface area contributed by atoms with Crippen molar-refractivity contribution in [2.45, 2.75) is 43.4 Å². The zero-order valence-corrected chi connectivity index (χ0v) is 10.1. The van der Waals surface area contributed by atoms with Crippen LogP contribution in [0.25, 0.3) is 0 Å². The molecule has 1 aliphatic rings. The molecule has 0 radical (unpaired) electrons. The third-order valence-corrected chi connectivity index (χ3v) is 4.71. The summed E-state index contributed by atoms with van der Waals surface area (Å²) in [6.07, 6.45) is 2.15. The minimum atomic E-state index is -3.69. The molecule has 1 atom stereocenters. The van der Waals surface area contributed by atoms with E-state index in [1.807, 2.05) is 4.72 Å². The van der Waals surface area contributed by atoms with Crippen molar-refractivity contribution in [2.24, 2.45) is 5.73 Å². The Labute approximate surface area is 99.4 Å². The summed E-state index contributed by atoms with van der Waals surface area (Å²) in [6, 6.07) is -1.47. The second kappa shape index (κ2) is 5.46. The van der Waals surface area contributed by atoms with Gasteiger partial charge in [-0.1, -0.05) is 12.8 Å². The molecule has 0 aromatic heterocycles. The van der Waals surface area contributed by atoms with Crippen LogP contribution in [0.5, 0.6) is 0 Å². The fraction of sp³-hybridized carbons (Fsp3) is 0.778. The van der Waals surface area contributed by atoms with E-state index in [0.717, 1.165) is 12.8 Å². The Balaban J connectivity index is 2.71. The largest absolute Gasteiger partial charge is 0.480 e. The van der Waals surface area contributed by atoms with Gasteiger partial charge in [0.15, 0.2) is 0 Å². The number of sulfonamides is 1. The topological polar surface area (TPSA) is 127 Å². The maximum atomic E-state index is 11.8. The molecular formula is C9H16N2O5S. The van der Waals surface area contributed by atoms with Crippen molar-refractivity contribution in [2.75, 3.05) is 0 Å². The third-order valence-electron chi connectivity index (χ3n) is 2.75. The number of nitrogens with one attached hydrogen (secondary N) is 1. The highest BCUT2D eigenvalue weighted by molar-refractivity contribution is 7.90. The predicted molar refractivity (Wildman–Crippen MR) is 59.5 cm³/mol. The molecule has 0 aromatic carbocycles. The zero-order valence-electron chi connectivity index (χ0n) is 9.26. The van der Waals surface area contributed by atoms with Gasteiger partial charge in [0.2, 0.25) is 15.9 Å². The van der Waals surface area contributed by atoms with Crippen molar-refractivity contribution >= 4 is 21.9 Å². The molecule has 0 bridgehead atoms. The molecule has 1 saturated carbocycles. The van der Waals surface area contributed by atoms with Crippen LogP contribution in [-0.4, -0.2) is 36.7 Å². The Hall–Kier alpha value is -1.15. The van der Waals surface area contributed by atoms with E-state index in [4.69, 9.17) is 10.8 Å². The number of rotatable bonds is 6. The third kappa shape index (κ3) is 3.97. The summed E-state index contributed by atoms with van der Waals surface area (Å²) in [7, 11) is -3.69. The molecule has 1 amide bonds. The lowest BCUT2D eigenvalue weighted by atomic mass is 10.2. The number of carbonyl (C=O) groups is 2. The van der Waals surface area contributed by atoms with Gasteiger partial charge in [0.25, 0.3) is 0 Å². The number of aliphatic carboxylic acids is 1. The first-order chi connectivity index (χ1) is 7.83. The van der Waals surface area contributed by atoms with E-state index in [2.05, 4.69) is 0 Å². The van der Waals surface area contributed by atoms with Gasteiger partial charge in [-0.3, -0.25) is 9.59 Å². The summed E-state index contributed by atoms with van der Waals surface area (Å²) in [5.74, 6) is -2.25. The minimum absolute atomic E-state index is 0.526. The highest BCUT2D eigenvalue weighted by Gasteiger charge is 2.33. The molecule has 8 heteroatoms. The van der Waals surface area contributed by atoms with Gasteiger partial charge in [-0.05, 0) is 12.8 Å². The van der Waals surface area contributed by atoms with Crippen molar-refractivity contribution in [1.29, 1.82) is 0 Å². The molecule has 0 saturated heterocycles. The van der Waals surface area contributed by atoms with Crippen molar-refractivity contribution < 1.29 is 23.1 Å². The number of carbonyl (C=O) groups excluding carboxylic acids is 1. The van der Waals surface area contributed by atoms with E-state index >= 15 is 0 Å². The molecule has 1 unspecified atom stereocenters. The standard InChI is InChI=1S/C9H16N2O5S/c10-8(12)5-7(9(13)14)11-17(15,16)6-3-1-2-4-6/h6-7,11H,1-5H2,(H2,10,12)(H,13,14). The van der Waals surface area contributed by atoms with Crippen LogP contribution in [0.2, 0.25) is 0 Å². The first-order valence-electron chi connectivity index (χ1n) is 5.35. The van der Waals surface area contributed by atoms with Crippen LogP contribution in [0.3, 0.4) is 0 Å². The lowest BCUT2D eigenvalue weighted by Crippen LogP contribution is -2.46. The molecule has 0 aliphatic heterocycles. The Kier molecular flexibility index (Phi) is 4.47. The molecule has 1 fully saturated rings. The second-order valence-corrected chi connectivity index (χ2v) is 6.12. The van der Waals surface area contributed by atoms with Gasteiger partial charge in [0.05, 0.1) is 11.7 Å². The van der Waals surface area contributed by atoms with Crippen LogP contribution in [0.4, 0.5) is 0 Å². The summed E-state index contributed by atoms with van der Waals surface area (Å²) in [6.45, 7) is 0. The molecule has 98 valence electrons. The van der Waals surface area contributed by atoms with Crippen LogP contribution in [-0.2, 0) is 19.6 Å². The Morgan fingerprint density at radius 2 is 1.88 bits per heavy atom. The van der Waals surface area contributed by atoms with E-state index in [9.17, 15) is 18.0 Å². The van der Waals surface area contributed by atoms with Crippen molar-refractivity contribution in [3.8, 4) is 0 Å². The fourth-order valence-corrected chi connectivity index (χ4v) is 3.60. The molecule has 4 N–H and O–H groups in total. The van der Waals surface area contributed by atoms with E-state index in [0.29, 0.717) is 12.8 Å². The minimum Gasteiger partial charge on any atom is -0.480 e. The summed E-state index contributed by atoms with van der Waals surface area (Å²) >= 11 is 0. The van der Waals surface area contributed by atoms with Crippen LogP contribution >= 0.6 is 0 Å². The lowest BCUT2D eigenvalue weighted by molar-refractivity contribution is -0.140. The Morgan fingerprint density at radius 1 is 1.35 bits per heavy atom. The van der Waals surface area contributed by atoms with Gasteiger partial charge in [0, 0.05) is 0 Å². The molecule has 1 aliphatic carbocycles. The molecule has 0 aromatic rings. The van der Waals surface area contributed by atoms with Gasteiger partial charge in [-0.2, -0.15) is 0 Å². The SMILES string of the molecule is NC(=O)CC(NS(=O)(=O)C1CCCC1)C(=O)O. The molecule has 1 rings (SSSR count). The zero-order chi connectivity index (χ0) is 13.1. The van der Waals surface area contributed by atoms with Crippen LogP contribution in [0.15, 0.2) is 0 Å². The Bertz CT molecular complexity index is 400. The summed E-state index contributed by atoms with van der Waals surface area (Å²) in [4.78, 5) is 21.4. The fourth-order valence-electron chi connectivity index (χ4n) is 1.87. The monoisotopic (exact) mass is 264 g/mol. The number of amides is 1. The smallest absolute Gasteiger partial charge is 0.322 e. The van der Waals surface area contributed by atoms with Crippen LogP contribution in [0, 0.1) is 0 Å². The van der Waals surface area contributed by atoms with Gasteiger partial charge in [0.1, 0.15) is 6.04 Å². The second-order valence-electron chi connectivity index (χ2n) is 4.13. The maximum Gasteiger partial charge on any atom is 0.322 e. The quantitative estimate of drug-likeness (QED) is 0.577. The summed E-state index contributed by atoms with van der Waals surface area (Å²) in [5.41, 5.74) is 4.87. The van der Waals surface area contributed by atoms with E-state index in [1.54, 1.807) is 0 Å². The lowest BCUT2D eigenvalue weighted by Gasteiger charge is -2.16. The number of hydrogen-bond donors (Lipinski definition) is 3. The average molecular weight is 264 g/mol. The predicted octanol–water partition coefficient (Wildman–Crippen LogP) is -0.823. The summed E-state index contributed by atoms with van der Waals surface area (Å²) < 4.78 is 25.6. The number of primary amides is 1. The summed E-state index contributed by atoms with van der Waals surface area (Å²) in [5, 5.41) is 8.24. The average Bonchev–Trinajstić information content (AvgIpc) is 2.68. The van der Waals surface area contributed by atoms with Crippen LogP contribution in [0.1, 0.15) is 32.1 Å². The van der Waals surface area contributed by atoms with E-state index in [1.165, 1.54) is 0 Å². The van der Waals surface area contributed by atoms with Gasteiger partial charge in [-0.15, -0.1) is 0 Å². The highest BCUT2D eigenvalue weighted by atomic mass is 32.2. The number of hydrogen-bond acceptors (Lipinski definition) is 4. The van der Waals surface area contributed by atoms with Gasteiger partial charge < -0.3 is 10.8 Å². The number of carboxylic acid groups (broad SMARTS) is 1. The van der Waals surface area contributed by atoms with Crippen LogP contribution < -0.4 is 10.5 Å². The normalized spacial score (nSPS) is 19.1. The first kappa shape index (κ1) is 13.9. The first-order valence-corrected chi connectivity index (χ1v) is 6.90. The highest BCUT2D eigenvalue weighted by Crippen LogP contribution is 2.24. The van der Waals surface area contributed by atoms with Gasteiger partial charge >= 0.3 is 5.97 Å². The molecule has 0 heterocycles. The van der Waals surface area contributed by atoms with Crippen molar-refractivity contribution in [3.05, 3.63) is 0 Å². The number of nitrogens with two attached hydrogens (primary N) is 1. The van der Waals surface area contributed by atoms with E-state index in [-0.39, 0.29) is 0 Å². The van der Waals surface area contributed by atoms with Crippen molar-refractivity contribution in [1.82, 2.24) is 4.72 Å². The molecule has 0 spiro atoms. The Morgan fingerprint density at radius 3 is 2.29 bits per heavy atom. The molecule has 7 nitrogen and oxygen atoms in total. The maximum absolute atomic E-state index is 11.8. The van der Waals surface area contributed by atoms with E-state index < -0.39 is 39.6 Å². The van der Waals surface area contributed by atoms with Gasteiger partial charge in [-0.25, -0.2) is 13.1 Å². The molecule has 17 heavy (non-hydrogen) atoms.